The Morgan fingerprint density at radius 1 is 1.05 bits per heavy atom. The van der Waals surface area contributed by atoms with Crippen LogP contribution in [-0.4, -0.2) is 17.2 Å². The topological polar surface area (TPSA) is 29.6 Å². The molecule has 0 aliphatic carbocycles. The standard InChI is InChI=1S/C16H11BrCl2O2/c17-9-16(11-3-7-13(19)8-4-11)15(21-16)14(20)10-1-5-12(18)6-2-10/h1-8,15H,9H2. The number of carbonyl (C=O) groups is 1. The lowest BCUT2D eigenvalue weighted by atomic mass is 9.93. The number of halogens is 3. The molecule has 5 heteroatoms. The van der Waals surface area contributed by atoms with Gasteiger partial charge in [-0.2, -0.15) is 0 Å². The summed E-state index contributed by atoms with van der Waals surface area (Å²) in [5, 5.41) is 1.81. The van der Waals surface area contributed by atoms with Gasteiger partial charge in [0.2, 0.25) is 0 Å². The molecule has 0 radical (unpaired) electrons. The van der Waals surface area contributed by atoms with Crippen molar-refractivity contribution in [3.8, 4) is 0 Å². The molecule has 1 saturated heterocycles. The van der Waals surface area contributed by atoms with Crippen molar-refractivity contribution in [2.45, 2.75) is 11.7 Å². The van der Waals surface area contributed by atoms with Gasteiger partial charge < -0.3 is 4.74 Å². The Balaban J connectivity index is 1.86. The predicted octanol–water partition coefficient (Wildman–Crippen LogP) is 4.87. The van der Waals surface area contributed by atoms with E-state index >= 15 is 0 Å². The molecule has 0 saturated carbocycles. The van der Waals surface area contributed by atoms with Crippen molar-refractivity contribution in [2.75, 3.05) is 5.33 Å². The highest BCUT2D eigenvalue weighted by Gasteiger charge is 2.60. The van der Waals surface area contributed by atoms with Crippen LogP contribution < -0.4 is 0 Å². The fourth-order valence-corrected chi connectivity index (χ4v) is 3.34. The average molecular weight is 386 g/mol. The number of Topliss-reactive ketones (excluding diaryl/α,β-unsaturated/α-hetero) is 1. The molecule has 3 rings (SSSR count). The summed E-state index contributed by atoms with van der Waals surface area (Å²) >= 11 is 15.2. The number of hydrogen-bond acceptors (Lipinski definition) is 2. The minimum Gasteiger partial charge on any atom is -0.351 e. The van der Waals surface area contributed by atoms with Crippen LogP contribution in [0.1, 0.15) is 15.9 Å². The molecule has 2 nitrogen and oxygen atoms in total. The monoisotopic (exact) mass is 384 g/mol. The van der Waals surface area contributed by atoms with Gasteiger partial charge in [-0.3, -0.25) is 4.79 Å². The third-order valence-electron chi connectivity index (χ3n) is 3.59. The molecule has 0 N–H and O–H groups in total. The first-order valence-corrected chi connectivity index (χ1v) is 8.24. The summed E-state index contributed by atoms with van der Waals surface area (Å²) in [6.07, 6.45) is -0.487. The lowest BCUT2D eigenvalue weighted by Gasteiger charge is -2.09. The van der Waals surface area contributed by atoms with Crippen LogP contribution in [0.5, 0.6) is 0 Å². The first-order valence-electron chi connectivity index (χ1n) is 6.36. The first kappa shape index (κ1) is 15.0. The van der Waals surface area contributed by atoms with Gasteiger partial charge >= 0.3 is 0 Å². The molecule has 1 fully saturated rings. The van der Waals surface area contributed by atoms with Crippen molar-refractivity contribution >= 4 is 44.9 Å². The van der Waals surface area contributed by atoms with Crippen LogP contribution in [0.15, 0.2) is 48.5 Å². The fourth-order valence-electron chi connectivity index (χ4n) is 2.34. The number of ether oxygens (including phenoxy) is 1. The maximum atomic E-state index is 12.5. The van der Waals surface area contributed by atoms with Crippen molar-refractivity contribution < 1.29 is 9.53 Å². The van der Waals surface area contributed by atoms with Crippen LogP contribution in [0.2, 0.25) is 10.0 Å². The zero-order chi connectivity index (χ0) is 15.0. The van der Waals surface area contributed by atoms with Crippen LogP contribution in [0.4, 0.5) is 0 Å². The first-order chi connectivity index (χ1) is 10.1. The van der Waals surface area contributed by atoms with Crippen molar-refractivity contribution in [1.29, 1.82) is 0 Å². The van der Waals surface area contributed by atoms with E-state index in [4.69, 9.17) is 27.9 Å². The maximum absolute atomic E-state index is 12.5. The van der Waals surface area contributed by atoms with Gasteiger partial charge in [0.05, 0.1) is 0 Å². The number of alkyl halides is 1. The Morgan fingerprint density at radius 2 is 1.57 bits per heavy atom. The number of epoxide rings is 1. The molecule has 1 aliphatic rings. The van der Waals surface area contributed by atoms with Crippen molar-refractivity contribution in [3.63, 3.8) is 0 Å². The zero-order valence-electron chi connectivity index (χ0n) is 10.9. The smallest absolute Gasteiger partial charge is 0.194 e. The summed E-state index contributed by atoms with van der Waals surface area (Å²) in [6.45, 7) is 0. The van der Waals surface area contributed by atoms with E-state index in [9.17, 15) is 4.79 Å². The Labute approximate surface area is 141 Å². The van der Waals surface area contributed by atoms with Crippen LogP contribution in [0.3, 0.4) is 0 Å². The van der Waals surface area contributed by atoms with E-state index in [1.54, 1.807) is 36.4 Å². The van der Waals surface area contributed by atoms with E-state index in [0.717, 1.165) is 5.56 Å². The second-order valence-electron chi connectivity index (χ2n) is 4.90. The highest BCUT2D eigenvalue weighted by molar-refractivity contribution is 9.09. The molecule has 2 aromatic carbocycles. The normalized spacial score (nSPS) is 23.9. The Morgan fingerprint density at radius 3 is 2.10 bits per heavy atom. The van der Waals surface area contributed by atoms with E-state index in [-0.39, 0.29) is 5.78 Å². The lowest BCUT2D eigenvalue weighted by Crippen LogP contribution is -2.21. The Bertz CT molecular complexity index is 670. The average Bonchev–Trinajstić information content (AvgIpc) is 3.24. The molecule has 0 amide bonds. The number of ketones is 1. The van der Waals surface area contributed by atoms with E-state index in [1.165, 1.54) is 0 Å². The van der Waals surface area contributed by atoms with Crippen LogP contribution >= 0.6 is 39.1 Å². The summed E-state index contributed by atoms with van der Waals surface area (Å²) in [5.74, 6) is -0.0407. The second kappa shape index (κ2) is 5.73. The lowest BCUT2D eigenvalue weighted by molar-refractivity contribution is 0.0953. The molecule has 2 atom stereocenters. The predicted molar refractivity (Wildman–Crippen MR) is 87.6 cm³/mol. The fraction of sp³-hybridized carbons (Fsp3) is 0.188. The summed E-state index contributed by atoms with van der Waals surface area (Å²) in [5.41, 5.74) is 0.929. The Hall–Kier alpha value is -0.870. The zero-order valence-corrected chi connectivity index (χ0v) is 14.0. The van der Waals surface area contributed by atoms with E-state index in [2.05, 4.69) is 15.9 Å². The minimum atomic E-state index is -0.610. The van der Waals surface area contributed by atoms with Crippen LogP contribution in [0.25, 0.3) is 0 Å². The molecule has 0 spiro atoms. The quantitative estimate of drug-likeness (QED) is 0.427. The van der Waals surface area contributed by atoms with Gasteiger partial charge in [-0.15, -0.1) is 0 Å². The summed E-state index contributed by atoms with van der Waals surface area (Å²) in [6, 6.07) is 14.2. The third kappa shape index (κ3) is 2.76. The molecule has 21 heavy (non-hydrogen) atoms. The summed E-state index contributed by atoms with van der Waals surface area (Å²) in [7, 11) is 0. The van der Waals surface area contributed by atoms with Gasteiger partial charge in [0.1, 0.15) is 5.60 Å². The molecule has 1 heterocycles. The van der Waals surface area contributed by atoms with E-state index < -0.39 is 11.7 Å². The highest BCUT2D eigenvalue weighted by atomic mass is 79.9. The molecular weight excluding hydrogens is 375 g/mol. The van der Waals surface area contributed by atoms with Gasteiger partial charge in [0.25, 0.3) is 0 Å². The number of hydrogen-bond donors (Lipinski definition) is 0. The van der Waals surface area contributed by atoms with Crippen molar-refractivity contribution in [1.82, 2.24) is 0 Å². The van der Waals surface area contributed by atoms with Gasteiger partial charge in [0.15, 0.2) is 11.9 Å². The van der Waals surface area contributed by atoms with Crippen LogP contribution in [0, 0.1) is 0 Å². The molecule has 1 aliphatic heterocycles. The summed E-state index contributed by atoms with van der Waals surface area (Å²) in [4.78, 5) is 12.5. The molecule has 2 aromatic rings. The highest BCUT2D eigenvalue weighted by Crippen LogP contribution is 2.49. The van der Waals surface area contributed by atoms with Gasteiger partial charge in [-0.25, -0.2) is 0 Å². The third-order valence-corrected chi connectivity index (χ3v) is 4.93. The molecule has 0 aromatic heterocycles. The Kier molecular flexibility index (Phi) is 4.10. The summed E-state index contributed by atoms with van der Waals surface area (Å²) < 4.78 is 5.75. The largest absolute Gasteiger partial charge is 0.351 e. The van der Waals surface area contributed by atoms with E-state index in [0.29, 0.717) is 20.9 Å². The minimum absolute atomic E-state index is 0.0407. The molecular formula is C16H11BrCl2O2. The molecule has 108 valence electrons. The number of rotatable bonds is 4. The molecule has 0 bridgehead atoms. The van der Waals surface area contributed by atoms with Gasteiger partial charge in [0, 0.05) is 20.9 Å². The number of carbonyl (C=O) groups excluding carboxylic acids is 1. The molecule has 2 unspecified atom stereocenters. The number of benzene rings is 2. The second-order valence-corrected chi connectivity index (χ2v) is 6.33. The van der Waals surface area contributed by atoms with E-state index in [1.807, 2.05) is 12.1 Å². The van der Waals surface area contributed by atoms with Crippen molar-refractivity contribution in [2.24, 2.45) is 0 Å². The SMILES string of the molecule is O=C(c1ccc(Cl)cc1)C1OC1(CBr)c1ccc(Cl)cc1. The maximum Gasteiger partial charge on any atom is 0.194 e. The van der Waals surface area contributed by atoms with Gasteiger partial charge in [-0.1, -0.05) is 51.3 Å². The van der Waals surface area contributed by atoms with Crippen LogP contribution in [-0.2, 0) is 10.3 Å². The van der Waals surface area contributed by atoms with Crippen molar-refractivity contribution in [3.05, 3.63) is 69.7 Å². The van der Waals surface area contributed by atoms with Gasteiger partial charge in [-0.05, 0) is 42.0 Å².